The summed E-state index contributed by atoms with van der Waals surface area (Å²) >= 11 is 0. The summed E-state index contributed by atoms with van der Waals surface area (Å²) < 4.78 is 0. The van der Waals surface area contributed by atoms with Crippen molar-refractivity contribution in [1.82, 2.24) is 10.2 Å². The van der Waals surface area contributed by atoms with Gasteiger partial charge in [0, 0.05) is 32.0 Å². The third-order valence-corrected chi connectivity index (χ3v) is 3.76. The first kappa shape index (κ1) is 16.5. The predicted octanol–water partition coefficient (Wildman–Crippen LogP) is 1.00. The quantitative estimate of drug-likeness (QED) is 0.730. The fourth-order valence-electron chi connectivity index (χ4n) is 2.52. The summed E-state index contributed by atoms with van der Waals surface area (Å²) in [6.45, 7) is 4.92. The predicted molar refractivity (Wildman–Crippen MR) is 74.1 cm³/mol. The van der Waals surface area contributed by atoms with E-state index in [9.17, 15) is 14.4 Å². The highest BCUT2D eigenvalue weighted by Gasteiger charge is 2.37. The highest BCUT2D eigenvalue weighted by molar-refractivity contribution is 5.80. The Morgan fingerprint density at radius 2 is 2.00 bits per heavy atom. The molecule has 6 nitrogen and oxygen atoms in total. The van der Waals surface area contributed by atoms with Crippen molar-refractivity contribution >= 4 is 17.8 Å². The van der Waals surface area contributed by atoms with Crippen LogP contribution >= 0.6 is 0 Å². The molecule has 114 valence electrons. The zero-order chi connectivity index (χ0) is 15.1. The van der Waals surface area contributed by atoms with Gasteiger partial charge in [-0.3, -0.25) is 14.4 Å². The van der Waals surface area contributed by atoms with E-state index >= 15 is 0 Å². The first-order chi connectivity index (χ1) is 9.47. The van der Waals surface area contributed by atoms with Crippen LogP contribution in [0.25, 0.3) is 0 Å². The second-order valence-corrected chi connectivity index (χ2v) is 5.26. The van der Waals surface area contributed by atoms with Gasteiger partial charge < -0.3 is 15.3 Å². The van der Waals surface area contributed by atoms with Gasteiger partial charge in [-0.15, -0.1) is 0 Å². The number of likely N-dealkylation sites (tertiary alicyclic amines) is 1. The minimum absolute atomic E-state index is 0.0301. The molecule has 1 aliphatic heterocycles. The van der Waals surface area contributed by atoms with Crippen LogP contribution in [0.1, 0.15) is 46.0 Å². The zero-order valence-corrected chi connectivity index (χ0v) is 12.2. The third-order valence-electron chi connectivity index (χ3n) is 3.76. The van der Waals surface area contributed by atoms with Crippen molar-refractivity contribution in [2.75, 3.05) is 13.1 Å². The van der Waals surface area contributed by atoms with Crippen LogP contribution in [-0.4, -0.2) is 46.9 Å². The number of carbonyl (C=O) groups is 3. The molecule has 2 amide bonds. The van der Waals surface area contributed by atoms with Crippen LogP contribution in [0.15, 0.2) is 0 Å². The van der Waals surface area contributed by atoms with Gasteiger partial charge in [0.25, 0.3) is 0 Å². The molecule has 0 spiro atoms. The van der Waals surface area contributed by atoms with E-state index in [0.29, 0.717) is 38.8 Å². The lowest BCUT2D eigenvalue weighted by molar-refractivity contribution is -0.143. The van der Waals surface area contributed by atoms with E-state index in [1.807, 2.05) is 6.92 Å². The summed E-state index contributed by atoms with van der Waals surface area (Å²) in [4.78, 5) is 36.0. The fraction of sp³-hybridized carbons (Fsp3) is 0.786. The number of nitrogens with zero attached hydrogens (tertiary/aromatic N) is 1. The first-order valence-corrected chi connectivity index (χ1v) is 7.26. The molecular weight excluding hydrogens is 260 g/mol. The van der Waals surface area contributed by atoms with Crippen LogP contribution < -0.4 is 5.32 Å². The molecule has 2 unspecified atom stereocenters. The lowest BCUT2D eigenvalue weighted by Gasteiger charge is -2.23. The van der Waals surface area contributed by atoms with Crippen LogP contribution in [-0.2, 0) is 14.4 Å². The van der Waals surface area contributed by atoms with Gasteiger partial charge in [0.1, 0.15) is 0 Å². The lowest BCUT2D eigenvalue weighted by atomic mass is 10.0. The van der Waals surface area contributed by atoms with E-state index in [4.69, 9.17) is 5.11 Å². The molecule has 0 aliphatic carbocycles. The number of hydrogen-bond donors (Lipinski definition) is 2. The zero-order valence-electron chi connectivity index (χ0n) is 12.2. The van der Waals surface area contributed by atoms with Gasteiger partial charge in [0.05, 0.1) is 5.92 Å². The van der Waals surface area contributed by atoms with Gasteiger partial charge in [-0.05, 0) is 26.2 Å². The Morgan fingerprint density at radius 1 is 1.30 bits per heavy atom. The number of carboxylic acids is 1. The highest BCUT2D eigenvalue weighted by Crippen LogP contribution is 2.25. The van der Waals surface area contributed by atoms with Crippen molar-refractivity contribution < 1.29 is 19.5 Å². The van der Waals surface area contributed by atoms with Crippen molar-refractivity contribution in [3.05, 3.63) is 0 Å². The van der Waals surface area contributed by atoms with Crippen molar-refractivity contribution in [3.63, 3.8) is 0 Å². The van der Waals surface area contributed by atoms with E-state index in [0.717, 1.165) is 6.42 Å². The second kappa shape index (κ2) is 7.87. The van der Waals surface area contributed by atoms with E-state index in [1.165, 1.54) is 0 Å². The van der Waals surface area contributed by atoms with Gasteiger partial charge >= 0.3 is 5.97 Å². The normalized spacial score (nSPS) is 21.8. The number of carbonyl (C=O) groups excluding carboxylic acids is 2. The van der Waals surface area contributed by atoms with Gasteiger partial charge in [0.2, 0.25) is 11.8 Å². The summed E-state index contributed by atoms with van der Waals surface area (Å²) in [7, 11) is 0. The molecule has 0 aromatic heterocycles. The van der Waals surface area contributed by atoms with Crippen molar-refractivity contribution in [1.29, 1.82) is 0 Å². The Kier molecular flexibility index (Phi) is 6.48. The Hall–Kier alpha value is -1.59. The third kappa shape index (κ3) is 4.51. The van der Waals surface area contributed by atoms with Crippen LogP contribution in [0.4, 0.5) is 0 Å². The standard InChI is InChI=1S/C14H24N2O4/c1-3-8-15-12(17)5-4-6-13(18)16-9-7-11(10(16)2)14(19)20/h10-11H,3-9H2,1-2H3,(H,15,17)(H,19,20). The summed E-state index contributed by atoms with van der Waals surface area (Å²) in [6, 6.07) is -0.256. The van der Waals surface area contributed by atoms with E-state index < -0.39 is 11.9 Å². The molecule has 1 rings (SSSR count). The fourth-order valence-corrected chi connectivity index (χ4v) is 2.52. The van der Waals surface area contributed by atoms with E-state index in [1.54, 1.807) is 11.8 Å². The van der Waals surface area contributed by atoms with E-state index in [-0.39, 0.29) is 17.9 Å². The molecule has 20 heavy (non-hydrogen) atoms. The monoisotopic (exact) mass is 284 g/mol. The average molecular weight is 284 g/mol. The van der Waals surface area contributed by atoms with Crippen molar-refractivity contribution in [2.45, 2.75) is 52.0 Å². The molecule has 0 bridgehead atoms. The SMILES string of the molecule is CCCNC(=O)CCCC(=O)N1CCC(C(=O)O)C1C. The first-order valence-electron chi connectivity index (χ1n) is 7.26. The smallest absolute Gasteiger partial charge is 0.308 e. The van der Waals surface area contributed by atoms with Crippen LogP contribution in [0.2, 0.25) is 0 Å². The van der Waals surface area contributed by atoms with Gasteiger partial charge in [-0.1, -0.05) is 6.92 Å². The van der Waals surface area contributed by atoms with Crippen molar-refractivity contribution in [3.8, 4) is 0 Å². The molecule has 0 aromatic rings. The number of nitrogens with one attached hydrogen (secondary N) is 1. The van der Waals surface area contributed by atoms with Crippen LogP contribution in [0, 0.1) is 5.92 Å². The Bertz CT molecular complexity index is 370. The summed E-state index contributed by atoms with van der Waals surface area (Å²) in [5.74, 6) is -1.39. The molecule has 1 saturated heterocycles. The van der Waals surface area contributed by atoms with E-state index in [2.05, 4.69) is 5.32 Å². The average Bonchev–Trinajstić information content (AvgIpc) is 2.78. The number of rotatable bonds is 7. The maximum absolute atomic E-state index is 12.0. The Morgan fingerprint density at radius 3 is 2.55 bits per heavy atom. The number of amides is 2. The molecule has 2 atom stereocenters. The minimum atomic E-state index is -0.841. The summed E-state index contributed by atoms with van der Waals surface area (Å²) in [5.41, 5.74) is 0. The van der Waals surface area contributed by atoms with Crippen LogP contribution in [0.5, 0.6) is 0 Å². The summed E-state index contributed by atoms with van der Waals surface area (Å²) in [6.07, 6.45) is 2.56. The molecule has 1 aliphatic rings. The molecule has 0 radical (unpaired) electrons. The van der Waals surface area contributed by atoms with Gasteiger partial charge in [0.15, 0.2) is 0 Å². The molecular formula is C14H24N2O4. The number of hydrogen-bond acceptors (Lipinski definition) is 3. The Balaban J connectivity index is 2.30. The molecule has 0 saturated carbocycles. The second-order valence-electron chi connectivity index (χ2n) is 5.26. The molecule has 1 fully saturated rings. The Labute approximate surface area is 119 Å². The highest BCUT2D eigenvalue weighted by atomic mass is 16.4. The summed E-state index contributed by atoms with van der Waals surface area (Å²) in [5, 5.41) is 11.8. The molecule has 1 heterocycles. The molecule has 6 heteroatoms. The molecule has 2 N–H and O–H groups in total. The largest absolute Gasteiger partial charge is 0.481 e. The number of carboxylic acid groups (broad SMARTS) is 1. The topological polar surface area (TPSA) is 86.7 Å². The lowest BCUT2D eigenvalue weighted by Crippen LogP contribution is -2.37. The van der Waals surface area contributed by atoms with Gasteiger partial charge in [-0.25, -0.2) is 0 Å². The van der Waals surface area contributed by atoms with Crippen LogP contribution in [0.3, 0.4) is 0 Å². The van der Waals surface area contributed by atoms with Gasteiger partial charge in [-0.2, -0.15) is 0 Å². The minimum Gasteiger partial charge on any atom is -0.481 e. The van der Waals surface area contributed by atoms with Crippen molar-refractivity contribution in [2.24, 2.45) is 5.92 Å². The molecule has 0 aromatic carbocycles. The maximum atomic E-state index is 12.0. The maximum Gasteiger partial charge on any atom is 0.308 e. The number of aliphatic carboxylic acids is 1.